The highest BCUT2D eigenvalue weighted by molar-refractivity contribution is 9.10. The van der Waals surface area contributed by atoms with Crippen molar-refractivity contribution in [1.29, 1.82) is 0 Å². The molecule has 0 aliphatic heterocycles. The van der Waals surface area contributed by atoms with E-state index < -0.39 is 5.97 Å². The molecule has 3 rings (SSSR count). The summed E-state index contributed by atoms with van der Waals surface area (Å²) in [5, 5.41) is 0.509. The van der Waals surface area contributed by atoms with E-state index in [1.54, 1.807) is 25.3 Å². The van der Waals surface area contributed by atoms with Crippen LogP contribution in [0.2, 0.25) is 0 Å². The highest BCUT2D eigenvalue weighted by Gasteiger charge is 2.16. The summed E-state index contributed by atoms with van der Waals surface area (Å²) in [5.41, 5.74) is 1.60. The second kappa shape index (κ2) is 7.01. The zero-order valence-electron chi connectivity index (χ0n) is 13.2. The summed E-state index contributed by atoms with van der Waals surface area (Å²) in [6, 6.07) is 15.1. The molecule has 4 nitrogen and oxygen atoms in total. The third-order valence-electron chi connectivity index (χ3n) is 3.78. The number of halogens is 1. The first-order valence-electron chi connectivity index (χ1n) is 7.64. The summed E-state index contributed by atoms with van der Waals surface area (Å²) in [5.74, 6) is -0.589. The number of carbonyl (C=O) groups is 1. The average molecular weight is 386 g/mol. The molecule has 1 heterocycles. The third kappa shape index (κ3) is 3.12. The van der Waals surface area contributed by atoms with E-state index in [4.69, 9.17) is 4.74 Å². The minimum absolute atomic E-state index is 0.0580. The minimum Gasteiger partial charge on any atom is -0.462 e. The molecule has 0 saturated heterocycles. The summed E-state index contributed by atoms with van der Waals surface area (Å²) in [4.78, 5) is 24.7. The van der Waals surface area contributed by atoms with Crippen LogP contribution in [0.15, 0.2) is 64.0 Å². The van der Waals surface area contributed by atoms with Gasteiger partial charge in [-0.3, -0.25) is 4.79 Å². The van der Waals surface area contributed by atoms with Crippen LogP contribution >= 0.6 is 15.9 Å². The van der Waals surface area contributed by atoms with Gasteiger partial charge in [-0.1, -0.05) is 46.3 Å². The predicted molar refractivity (Wildman–Crippen MR) is 97.4 cm³/mol. The smallest absolute Gasteiger partial charge is 0.343 e. The van der Waals surface area contributed by atoms with E-state index in [2.05, 4.69) is 15.9 Å². The fraction of sp³-hybridized carbons (Fsp3) is 0.158. The molecule has 0 amide bonds. The van der Waals surface area contributed by atoms with Crippen molar-refractivity contribution in [1.82, 2.24) is 4.57 Å². The molecule has 0 N–H and O–H groups in total. The Morgan fingerprint density at radius 1 is 1.12 bits per heavy atom. The van der Waals surface area contributed by atoms with Crippen LogP contribution in [0.1, 0.15) is 22.8 Å². The van der Waals surface area contributed by atoms with E-state index in [0.29, 0.717) is 11.9 Å². The summed E-state index contributed by atoms with van der Waals surface area (Å²) in [7, 11) is 0. The lowest BCUT2D eigenvalue weighted by molar-refractivity contribution is 0.0524. The van der Waals surface area contributed by atoms with E-state index in [-0.39, 0.29) is 17.6 Å². The Morgan fingerprint density at radius 3 is 2.58 bits per heavy atom. The van der Waals surface area contributed by atoms with E-state index in [1.807, 2.05) is 41.0 Å². The van der Waals surface area contributed by atoms with Crippen molar-refractivity contribution >= 4 is 32.8 Å². The van der Waals surface area contributed by atoms with Gasteiger partial charge in [-0.05, 0) is 30.7 Å². The van der Waals surface area contributed by atoms with Gasteiger partial charge in [-0.15, -0.1) is 0 Å². The first-order valence-corrected chi connectivity index (χ1v) is 8.44. The summed E-state index contributed by atoms with van der Waals surface area (Å²) < 4.78 is 7.91. The fourth-order valence-corrected chi connectivity index (χ4v) is 3.05. The van der Waals surface area contributed by atoms with Gasteiger partial charge in [0.05, 0.1) is 12.1 Å². The number of hydrogen-bond donors (Lipinski definition) is 0. The fourth-order valence-electron chi connectivity index (χ4n) is 2.64. The van der Waals surface area contributed by atoms with Gasteiger partial charge in [-0.2, -0.15) is 0 Å². The number of esters is 1. The number of pyridine rings is 1. The molecule has 0 aliphatic carbocycles. The molecular formula is C19H16BrNO3. The molecule has 2 aromatic carbocycles. The van der Waals surface area contributed by atoms with Gasteiger partial charge in [0.15, 0.2) is 0 Å². The number of aromatic nitrogens is 1. The first kappa shape index (κ1) is 16.5. The van der Waals surface area contributed by atoms with Crippen LogP contribution in [0.5, 0.6) is 0 Å². The Bertz CT molecular complexity index is 962. The molecule has 0 atom stereocenters. The SMILES string of the molecule is CCOC(=O)c1cn(Cc2ccccc2Br)c2ccccc2c1=O. The maximum atomic E-state index is 12.6. The maximum absolute atomic E-state index is 12.6. The number of nitrogens with zero attached hydrogens (tertiary/aromatic N) is 1. The van der Waals surface area contributed by atoms with Crippen LogP contribution in [-0.4, -0.2) is 17.1 Å². The number of fused-ring (bicyclic) bond motifs is 1. The van der Waals surface area contributed by atoms with Crippen molar-refractivity contribution in [2.45, 2.75) is 13.5 Å². The van der Waals surface area contributed by atoms with Gasteiger partial charge in [-0.25, -0.2) is 4.79 Å². The van der Waals surface area contributed by atoms with Crippen LogP contribution in [0, 0.1) is 0 Å². The van der Waals surface area contributed by atoms with Gasteiger partial charge in [0.2, 0.25) is 5.43 Å². The average Bonchev–Trinajstić information content (AvgIpc) is 2.59. The minimum atomic E-state index is -0.589. The molecule has 3 aromatic rings. The van der Waals surface area contributed by atoms with Crippen molar-refractivity contribution < 1.29 is 9.53 Å². The second-order valence-electron chi connectivity index (χ2n) is 5.33. The molecule has 0 bridgehead atoms. The molecule has 122 valence electrons. The lowest BCUT2D eigenvalue weighted by Crippen LogP contribution is -2.21. The number of ether oxygens (including phenoxy) is 1. The summed E-state index contributed by atoms with van der Waals surface area (Å²) >= 11 is 3.54. The lowest BCUT2D eigenvalue weighted by Gasteiger charge is -2.14. The number of hydrogen-bond acceptors (Lipinski definition) is 3. The van der Waals surface area contributed by atoms with E-state index in [1.165, 1.54) is 0 Å². The van der Waals surface area contributed by atoms with Crippen LogP contribution in [0.25, 0.3) is 10.9 Å². The molecule has 0 saturated carbocycles. The highest BCUT2D eigenvalue weighted by atomic mass is 79.9. The van der Waals surface area contributed by atoms with Crippen molar-refractivity contribution in [3.63, 3.8) is 0 Å². The zero-order valence-corrected chi connectivity index (χ0v) is 14.7. The van der Waals surface area contributed by atoms with Crippen LogP contribution in [-0.2, 0) is 11.3 Å². The Kier molecular flexibility index (Phi) is 4.81. The predicted octanol–water partition coefficient (Wildman–Crippen LogP) is 3.99. The molecule has 24 heavy (non-hydrogen) atoms. The zero-order chi connectivity index (χ0) is 17.1. The molecule has 0 aliphatic rings. The Hall–Kier alpha value is -2.40. The lowest BCUT2D eigenvalue weighted by atomic mass is 10.1. The first-order chi connectivity index (χ1) is 11.6. The number of para-hydroxylation sites is 1. The Morgan fingerprint density at radius 2 is 1.83 bits per heavy atom. The van der Waals surface area contributed by atoms with Crippen LogP contribution < -0.4 is 5.43 Å². The summed E-state index contributed by atoms with van der Waals surface area (Å²) in [6.07, 6.45) is 1.59. The van der Waals surface area contributed by atoms with Crippen molar-refractivity contribution in [2.75, 3.05) is 6.61 Å². The van der Waals surface area contributed by atoms with Crippen molar-refractivity contribution in [3.8, 4) is 0 Å². The topological polar surface area (TPSA) is 48.3 Å². The van der Waals surface area contributed by atoms with Crippen LogP contribution in [0.3, 0.4) is 0 Å². The number of benzene rings is 2. The second-order valence-corrected chi connectivity index (χ2v) is 6.18. The summed E-state index contributed by atoms with van der Waals surface area (Å²) in [6.45, 7) is 2.49. The monoisotopic (exact) mass is 385 g/mol. The molecule has 0 spiro atoms. The number of rotatable bonds is 4. The quantitative estimate of drug-likeness (QED) is 0.637. The third-order valence-corrected chi connectivity index (χ3v) is 4.56. The molecule has 0 radical (unpaired) electrons. The standard InChI is InChI=1S/C19H16BrNO3/c1-2-24-19(23)15-12-21(11-13-7-3-5-9-16(13)20)17-10-6-4-8-14(17)18(15)22/h3-10,12H,2,11H2,1H3. The maximum Gasteiger partial charge on any atom is 0.343 e. The molecular weight excluding hydrogens is 370 g/mol. The van der Waals surface area contributed by atoms with Gasteiger partial charge >= 0.3 is 5.97 Å². The van der Waals surface area contributed by atoms with Gasteiger partial charge in [0.1, 0.15) is 5.56 Å². The largest absolute Gasteiger partial charge is 0.462 e. The highest BCUT2D eigenvalue weighted by Crippen LogP contribution is 2.20. The molecule has 5 heteroatoms. The molecule has 0 fully saturated rings. The van der Waals surface area contributed by atoms with E-state index >= 15 is 0 Å². The molecule has 1 aromatic heterocycles. The van der Waals surface area contributed by atoms with Crippen LogP contribution in [0.4, 0.5) is 0 Å². The Labute approximate surface area is 147 Å². The normalized spacial score (nSPS) is 10.8. The van der Waals surface area contributed by atoms with Crippen molar-refractivity contribution in [2.24, 2.45) is 0 Å². The van der Waals surface area contributed by atoms with Gasteiger partial charge in [0, 0.05) is 22.6 Å². The number of carbonyl (C=O) groups excluding carboxylic acids is 1. The molecule has 0 unspecified atom stereocenters. The van der Waals surface area contributed by atoms with E-state index in [9.17, 15) is 9.59 Å². The van der Waals surface area contributed by atoms with Crippen molar-refractivity contribution in [3.05, 3.63) is 80.6 Å². The van der Waals surface area contributed by atoms with E-state index in [0.717, 1.165) is 15.6 Å². The Balaban J connectivity index is 2.19. The van der Waals surface area contributed by atoms with Gasteiger partial charge in [0.25, 0.3) is 0 Å². The van der Waals surface area contributed by atoms with Gasteiger partial charge < -0.3 is 9.30 Å².